The number of rotatable bonds is 5. The van der Waals surface area contributed by atoms with Gasteiger partial charge in [-0.2, -0.15) is 0 Å². The Morgan fingerprint density at radius 1 is 1.17 bits per heavy atom. The number of benzene rings is 1. The Morgan fingerprint density at radius 3 is 2.57 bits per heavy atom. The zero-order chi connectivity index (χ0) is 21.3. The van der Waals surface area contributed by atoms with Crippen LogP contribution in [0.4, 0.5) is 5.69 Å². The van der Waals surface area contributed by atoms with Crippen LogP contribution in [-0.2, 0) is 4.79 Å². The number of amides is 1. The van der Waals surface area contributed by atoms with Gasteiger partial charge in [0.25, 0.3) is 5.91 Å². The maximum atomic E-state index is 12.1. The van der Waals surface area contributed by atoms with Gasteiger partial charge in [0.15, 0.2) is 18.2 Å². The monoisotopic (exact) mass is 411 g/mol. The van der Waals surface area contributed by atoms with Crippen LogP contribution in [0.5, 0.6) is 11.8 Å². The van der Waals surface area contributed by atoms with Crippen molar-refractivity contribution < 1.29 is 24.6 Å². The van der Waals surface area contributed by atoms with Crippen molar-refractivity contribution in [3.8, 4) is 11.8 Å². The smallest absolute Gasteiger partial charge is 0.363 e. The van der Waals surface area contributed by atoms with E-state index in [0.717, 1.165) is 0 Å². The molecule has 3 heterocycles. The molecule has 0 saturated heterocycles. The second-order valence-electron chi connectivity index (χ2n) is 6.41. The van der Waals surface area contributed by atoms with Crippen molar-refractivity contribution in [2.45, 2.75) is 12.2 Å². The lowest BCUT2D eigenvalue weighted by Crippen LogP contribution is -2.52. The lowest BCUT2D eigenvalue weighted by atomic mass is 10.1. The summed E-state index contributed by atoms with van der Waals surface area (Å²) in [6.07, 6.45) is 0.887. The number of guanidine groups is 1. The average molecular weight is 411 g/mol. The largest absolute Gasteiger partial charge is 0.492 e. The summed E-state index contributed by atoms with van der Waals surface area (Å²) in [7, 11) is 0. The first-order valence-electron chi connectivity index (χ1n) is 8.81. The minimum Gasteiger partial charge on any atom is -0.492 e. The number of nitrogens with zero attached hydrogens (tertiary/aromatic N) is 4. The quantitative estimate of drug-likeness (QED) is 0.430. The van der Waals surface area contributed by atoms with E-state index in [1.54, 1.807) is 12.1 Å². The Balaban J connectivity index is 1.36. The molecule has 12 nitrogen and oxygen atoms in total. The van der Waals surface area contributed by atoms with Crippen molar-refractivity contribution >= 4 is 35.4 Å². The molecule has 1 amide bonds. The van der Waals surface area contributed by atoms with Crippen LogP contribution >= 0.6 is 0 Å². The lowest BCUT2D eigenvalue weighted by Gasteiger charge is -2.25. The number of fused-ring (bicyclic) bond motifs is 1. The van der Waals surface area contributed by atoms with E-state index >= 15 is 0 Å². The predicted octanol–water partition coefficient (Wildman–Crippen LogP) is -0.755. The summed E-state index contributed by atoms with van der Waals surface area (Å²) in [5.41, 5.74) is 6.97. The van der Waals surface area contributed by atoms with Gasteiger partial charge in [-0.3, -0.25) is 20.1 Å². The van der Waals surface area contributed by atoms with Gasteiger partial charge in [0.2, 0.25) is 11.8 Å². The fourth-order valence-corrected chi connectivity index (χ4v) is 2.83. The van der Waals surface area contributed by atoms with E-state index in [4.69, 9.17) is 10.6 Å². The van der Waals surface area contributed by atoms with E-state index in [1.165, 1.54) is 30.5 Å². The van der Waals surface area contributed by atoms with Gasteiger partial charge in [0, 0.05) is 24.0 Å². The maximum absolute atomic E-state index is 12.1. The highest BCUT2D eigenvalue weighted by molar-refractivity contribution is 6.33. The van der Waals surface area contributed by atoms with Crippen LogP contribution < -0.4 is 21.2 Å². The Bertz CT molecular complexity index is 1070. The van der Waals surface area contributed by atoms with E-state index in [-0.39, 0.29) is 17.4 Å². The molecule has 0 spiro atoms. The first-order valence-corrected chi connectivity index (χ1v) is 8.81. The van der Waals surface area contributed by atoms with Crippen molar-refractivity contribution in [3.63, 3.8) is 0 Å². The molecular formula is C18H17N7O5. The summed E-state index contributed by atoms with van der Waals surface area (Å²) in [5.74, 6) is -1.91. The van der Waals surface area contributed by atoms with Crippen molar-refractivity contribution in [2.75, 3.05) is 11.9 Å². The van der Waals surface area contributed by atoms with Crippen LogP contribution in [0, 0.1) is 0 Å². The molecule has 0 radical (unpaired) electrons. The zero-order valence-electron chi connectivity index (χ0n) is 15.4. The van der Waals surface area contributed by atoms with E-state index in [9.17, 15) is 19.8 Å². The molecule has 30 heavy (non-hydrogen) atoms. The Morgan fingerprint density at radius 2 is 1.87 bits per heavy atom. The number of aromatic hydroxyl groups is 2. The van der Waals surface area contributed by atoms with E-state index in [2.05, 4.69) is 25.6 Å². The van der Waals surface area contributed by atoms with Crippen molar-refractivity contribution in [2.24, 2.45) is 20.7 Å². The molecule has 0 aliphatic carbocycles. The number of nitrogens with one attached hydrogen (secondary N) is 2. The molecule has 1 aromatic carbocycles. The lowest BCUT2D eigenvalue weighted by molar-refractivity contribution is -0.121. The van der Waals surface area contributed by atoms with Gasteiger partial charge >= 0.3 is 5.97 Å². The van der Waals surface area contributed by atoms with Crippen molar-refractivity contribution in [1.29, 1.82) is 0 Å². The van der Waals surface area contributed by atoms with Crippen molar-refractivity contribution in [3.05, 3.63) is 42.0 Å². The summed E-state index contributed by atoms with van der Waals surface area (Å²) in [5, 5.41) is 24.6. The zero-order valence-corrected chi connectivity index (χ0v) is 15.4. The summed E-state index contributed by atoms with van der Waals surface area (Å²) < 4.78 is 0.612. The number of carbonyl (C=O) groups excluding carboxylic acids is 2. The van der Waals surface area contributed by atoms with Gasteiger partial charge < -0.3 is 26.1 Å². The first kappa shape index (κ1) is 19.0. The normalized spacial score (nSPS) is 19.9. The number of hydrogen-bond acceptors (Lipinski definition) is 10. The number of hydrogen-bond donors (Lipinski definition) is 5. The maximum Gasteiger partial charge on any atom is 0.363 e. The third-order valence-electron chi connectivity index (χ3n) is 4.32. The first-order chi connectivity index (χ1) is 14.4. The second-order valence-corrected chi connectivity index (χ2v) is 6.41. The Hall–Kier alpha value is -4.35. The third kappa shape index (κ3) is 3.78. The van der Waals surface area contributed by atoms with Gasteiger partial charge in [-0.05, 0) is 24.3 Å². The Kier molecular flexibility index (Phi) is 4.80. The summed E-state index contributed by atoms with van der Waals surface area (Å²) in [6.45, 7) is 0.300. The number of aromatic nitrogens is 1. The molecule has 0 fully saturated rings. The molecule has 2 unspecified atom stereocenters. The fourth-order valence-electron chi connectivity index (χ4n) is 2.83. The highest BCUT2D eigenvalue weighted by Gasteiger charge is 2.33. The molecule has 2 aliphatic rings. The SMILES string of the molecule is NC1=NC2N=CC(CNc3ccc(C(=O)On4c(O)ccc4O)cc3)=NC2C(=O)N1. The third-order valence-corrected chi connectivity index (χ3v) is 4.32. The van der Waals surface area contributed by atoms with Gasteiger partial charge in [0.05, 0.1) is 17.8 Å². The molecular weight excluding hydrogens is 394 g/mol. The molecule has 4 rings (SSSR count). The predicted molar refractivity (Wildman–Crippen MR) is 107 cm³/mol. The minimum absolute atomic E-state index is 0.0241. The minimum atomic E-state index is -0.763. The van der Waals surface area contributed by atoms with Crippen LogP contribution in [0.15, 0.2) is 51.4 Å². The van der Waals surface area contributed by atoms with Crippen LogP contribution in [0.3, 0.4) is 0 Å². The van der Waals surface area contributed by atoms with E-state index in [0.29, 0.717) is 22.7 Å². The summed E-state index contributed by atoms with van der Waals surface area (Å²) >= 11 is 0. The van der Waals surface area contributed by atoms with E-state index < -0.39 is 29.9 Å². The van der Waals surface area contributed by atoms with Gasteiger partial charge in [-0.25, -0.2) is 9.79 Å². The highest BCUT2D eigenvalue weighted by atomic mass is 16.7. The standard InChI is InChI=1S/C18H17N7O5/c19-18-23-15-14(16(28)24-18)22-11(8-21-15)7-20-10-3-1-9(2-4-10)17(29)30-25-12(26)5-6-13(25)27/h1-6,8,14-15,20,26-27H,7H2,(H3,19,23,24,28). The van der Waals surface area contributed by atoms with E-state index in [1.807, 2.05) is 0 Å². The number of nitrogens with two attached hydrogens (primary N) is 1. The van der Waals surface area contributed by atoms with Crippen molar-refractivity contribution in [1.82, 2.24) is 10.0 Å². The number of aliphatic imine (C=N–C) groups is 3. The molecule has 0 saturated carbocycles. The average Bonchev–Trinajstić information content (AvgIpc) is 3.04. The van der Waals surface area contributed by atoms with Crippen LogP contribution in [0.1, 0.15) is 10.4 Å². The van der Waals surface area contributed by atoms with Gasteiger partial charge in [-0.1, -0.05) is 0 Å². The van der Waals surface area contributed by atoms with Gasteiger partial charge in [-0.15, -0.1) is 4.73 Å². The highest BCUT2D eigenvalue weighted by Crippen LogP contribution is 2.20. The molecule has 1 aromatic heterocycles. The molecule has 2 aromatic rings. The molecule has 2 aliphatic heterocycles. The molecule has 0 bridgehead atoms. The Labute approximate surface area is 169 Å². The second kappa shape index (κ2) is 7.58. The molecule has 6 N–H and O–H groups in total. The fraction of sp³-hybridized carbons (Fsp3) is 0.167. The van der Waals surface area contributed by atoms with Gasteiger partial charge in [0.1, 0.15) is 0 Å². The number of anilines is 1. The summed E-state index contributed by atoms with van der Waals surface area (Å²) in [6, 6.07) is 7.95. The molecule has 2 atom stereocenters. The number of carbonyl (C=O) groups is 2. The molecule has 12 heteroatoms. The van der Waals surface area contributed by atoms with Crippen LogP contribution in [0.2, 0.25) is 0 Å². The molecule has 154 valence electrons. The summed E-state index contributed by atoms with van der Waals surface area (Å²) in [4.78, 5) is 41.6. The van der Waals surface area contributed by atoms with Crippen LogP contribution in [0.25, 0.3) is 0 Å². The topological polar surface area (TPSA) is 176 Å². The van der Waals surface area contributed by atoms with Crippen LogP contribution in [-0.4, -0.2) is 63.5 Å².